The SMILES string of the molecule is CC(=O)c1cccc(NC(=O)CSc2nnc(-c3ccc(C)cc3)n2N)c1. The number of nitrogens with one attached hydrogen (secondary N) is 1. The van der Waals surface area contributed by atoms with E-state index in [1.165, 1.54) is 23.4 Å². The summed E-state index contributed by atoms with van der Waals surface area (Å²) in [7, 11) is 0. The number of benzene rings is 2. The van der Waals surface area contributed by atoms with Crippen LogP contribution in [0, 0.1) is 6.92 Å². The van der Waals surface area contributed by atoms with Crippen molar-refractivity contribution in [1.29, 1.82) is 0 Å². The first kappa shape index (κ1) is 18.7. The number of carbonyl (C=O) groups excluding carboxylic acids is 2. The van der Waals surface area contributed by atoms with Gasteiger partial charge in [0.15, 0.2) is 11.6 Å². The van der Waals surface area contributed by atoms with Crippen LogP contribution in [-0.4, -0.2) is 32.3 Å². The van der Waals surface area contributed by atoms with Gasteiger partial charge in [0.25, 0.3) is 0 Å². The maximum absolute atomic E-state index is 12.2. The molecule has 1 heterocycles. The van der Waals surface area contributed by atoms with Crippen molar-refractivity contribution in [2.24, 2.45) is 0 Å². The first-order valence-corrected chi connectivity index (χ1v) is 9.24. The van der Waals surface area contributed by atoms with Crippen molar-refractivity contribution in [2.75, 3.05) is 16.9 Å². The molecule has 0 radical (unpaired) electrons. The number of rotatable bonds is 6. The number of amides is 1. The van der Waals surface area contributed by atoms with Crippen molar-refractivity contribution >= 4 is 29.1 Å². The second-order valence-electron chi connectivity index (χ2n) is 6.02. The molecule has 7 nitrogen and oxygen atoms in total. The highest BCUT2D eigenvalue weighted by Gasteiger charge is 2.14. The van der Waals surface area contributed by atoms with Gasteiger partial charge in [-0.05, 0) is 26.0 Å². The van der Waals surface area contributed by atoms with Gasteiger partial charge in [-0.25, -0.2) is 4.68 Å². The maximum atomic E-state index is 12.2. The van der Waals surface area contributed by atoms with Crippen LogP contribution in [0.1, 0.15) is 22.8 Å². The first-order chi connectivity index (χ1) is 12.9. The summed E-state index contributed by atoms with van der Waals surface area (Å²) in [6, 6.07) is 14.6. The second kappa shape index (κ2) is 8.05. The van der Waals surface area contributed by atoms with E-state index < -0.39 is 0 Å². The number of hydrogen-bond acceptors (Lipinski definition) is 6. The molecule has 0 saturated heterocycles. The molecular formula is C19H19N5O2S. The lowest BCUT2D eigenvalue weighted by Gasteiger charge is -2.06. The van der Waals surface area contributed by atoms with Crippen LogP contribution >= 0.6 is 11.8 Å². The maximum Gasteiger partial charge on any atom is 0.234 e. The number of hydrogen-bond donors (Lipinski definition) is 2. The van der Waals surface area contributed by atoms with Crippen LogP contribution in [-0.2, 0) is 4.79 Å². The monoisotopic (exact) mass is 381 g/mol. The zero-order valence-electron chi connectivity index (χ0n) is 15.0. The Bertz CT molecular complexity index is 982. The van der Waals surface area contributed by atoms with Crippen LogP contribution in [0.3, 0.4) is 0 Å². The summed E-state index contributed by atoms with van der Waals surface area (Å²) < 4.78 is 1.37. The molecule has 0 aliphatic heterocycles. The molecule has 3 N–H and O–H groups in total. The Morgan fingerprint density at radius 2 is 1.89 bits per heavy atom. The lowest BCUT2D eigenvalue weighted by atomic mass is 10.1. The lowest BCUT2D eigenvalue weighted by Crippen LogP contribution is -2.16. The van der Waals surface area contributed by atoms with Crippen molar-refractivity contribution in [3.63, 3.8) is 0 Å². The zero-order valence-corrected chi connectivity index (χ0v) is 15.8. The zero-order chi connectivity index (χ0) is 19.4. The number of nitrogen functional groups attached to an aromatic ring is 1. The number of nitrogens with zero attached hydrogens (tertiary/aromatic N) is 3. The molecule has 0 aliphatic carbocycles. The Morgan fingerprint density at radius 1 is 1.15 bits per heavy atom. The van der Waals surface area contributed by atoms with E-state index in [4.69, 9.17) is 5.84 Å². The fraction of sp³-hybridized carbons (Fsp3) is 0.158. The molecule has 3 rings (SSSR count). The number of anilines is 1. The fourth-order valence-corrected chi connectivity index (χ4v) is 3.07. The van der Waals surface area contributed by atoms with Crippen molar-refractivity contribution in [3.8, 4) is 11.4 Å². The fourth-order valence-electron chi connectivity index (χ4n) is 2.42. The summed E-state index contributed by atoms with van der Waals surface area (Å²) in [5, 5.41) is 11.4. The molecule has 27 heavy (non-hydrogen) atoms. The largest absolute Gasteiger partial charge is 0.335 e. The number of carbonyl (C=O) groups is 2. The predicted molar refractivity (Wildman–Crippen MR) is 106 cm³/mol. The molecule has 8 heteroatoms. The number of Topliss-reactive ketones (excluding diaryl/α,β-unsaturated/α-hetero) is 1. The van der Waals surface area contributed by atoms with Crippen LogP contribution in [0.4, 0.5) is 5.69 Å². The molecule has 0 saturated carbocycles. The van der Waals surface area contributed by atoms with Gasteiger partial charge < -0.3 is 11.2 Å². The minimum absolute atomic E-state index is 0.0552. The number of nitrogens with two attached hydrogens (primary N) is 1. The molecule has 1 aromatic heterocycles. The number of aromatic nitrogens is 3. The van der Waals surface area contributed by atoms with Crippen molar-refractivity contribution in [1.82, 2.24) is 14.9 Å². The average molecular weight is 381 g/mol. The van der Waals surface area contributed by atoms with E-state index in [0.717, 1.165) is 11.1 Å². The number of thioether (sulfide) groups is 1. The molecule has 2 aromatic carbocycles. The van der Waals surface area contributed by atoms with Gasteiger partial charge in [0.2, 0.25) is 11.1 Å². The van der Waals surface area contributed by atoms with E-state index in [1.807, 2.05) is 31.2 Å². The van der Waals surface area contributed by atoms with Gasteiger partial charge in [0.05, 0.1) is 5.75 Å². The molecule has 0 spiro atoms. The standard InChI is InChI=1S/C19H19N5O2S/c1-12-6-8-14(9-7-12)18-22-23-19(24(18)20)27-11-17(26)21-16-5-3-4-15(10-16)13(2)25/h3-10H,11,20H2,1-2H3,(H,21,26). The molecule has 138 valence electrons. The molecular weight excluding hydrogens is 362 g/mol. The highest BCUT2D eigenvalue weighted by atomic mass is 32.2. The summed E-state index contributed by atoms with van der Waals surface area (Å²) in [6.07, 6.45) is 0. The van der Waals surface area contributed by atoms with E-state index in [2.05, 4.69) is 15.5 Å². The highest BCUT2D eigenvalue weighted by Crippen LogP contribution is 2.22. The third-order valence-corrected chi connectivity index (χ3v) is 4.80. The van der Waals surface area contributed by atoms with Gasteiger partial charge in [-0.15, -0.1) is 10.2 Å². The predicted octanol–water partition coefficient (Wildman–Crippen LogP) is 2.90. The first-order valence-electron chi connectivity index (χ1n) is 8.25. The van der Waals surface area contributed by atoms with Gasteiger partial charge in [0, 0.05) is 16.8 Å². The van der Waals surface area contributed by atoms with E-state index in [9.17, 15) is 9.59 Å². The smallest absolute Gasteiger partial charge is 0.234 e. The van der Waals surface area contributed by atoms with E-state index >= 15 is 0 Å². The third-order valence-electron chi connectivity index (χ3n) is 3.86. The summed E-state index contributed by atoms with van der Waals surface area (Å²) in [6.45, 7) is 3.49. The Morgan fingerprint density at radius 3 is 2.59 bits per heavy atom. The summed E-state index contributed by atoms with van der Waals surface area (Å²) in [4.78, 5) is 23.6. The molecule has 0 unspecified atom stereocenters. The minimum Gasteiger partial charge on any atom is -0.335 e. The molecule has 0 bridgehead atoms. The number of aryl methyl sites for hydroxylation is 1. The normalized spacial score (nSPS) is 10.6. The van der Waals surface area contributed by atoms with Gasteiger partial charge in [-0.1, -0.05) is 53.7 Å². The van der Waals surface area contributed by atoms with Crippen LogP contribution in [0.5, 0.6) is 0 Å². The Hall–Kier alpha value is -3.13. The quantitative estimate of drug-likeness (QED) is 0.387. The average Bonchev–Trinajstić information content (AvgIpc) is 3.01. The van der Waals surface area contributed by atoms with Crippen LogP contribution in [0.2, 0.25) is 0 Å². The van der Waals surface area contributed by atoms with Crippen molar-refractivity contribution < 1.29 is 9.59 Å². The van der Waals surface area contributed by atoms with Crippen LogP contribution in [0.15, 0.2) is 53.7 Å². The molecule has 1 amide bonds. The van der Waals surface area contributed by atoms with Gasteiger partial charge in [0.1, 0.15) is 0 Å². The molecule has 3 aromatic rings. The lowest BCUT2D eigenvalue weighted by molar-refractivity contribution is -0.113. The Labute approximate surface area is 161 Å². The van der Waals surface area contributed by atoms with E-state index in [-0.39, 0.29) is 17.4 Å². The summed E-state index contributed by atoms with van der Waals surface area (Å²) >= 11 is 1.19. The topological polar surface area (TPSA) is 103 Å². The summed E-state index contributed by atoms with van der Waals surface area (Å²) in [5.74, 6) is 6.44. The number of ketones is 1. The minimum atomic E-state index is -0.222. The third kappa shape index (κ3) is 4.53. The van der Waals surface area contributed by atoms with Crippen LogP contribution < -0.4 is 11.2 Å². The van der Waals surface area contributed by atoms with Crippen molar-refractivity contribution in [3.05, 3.63) is 59.7 Å². The Kier molecular flexibility index (Phi) is 5.56. The summed E-state index contributed by atoms with van der Waals surface area (Å²) in [5.41, 5.74) is 3.11. The molecule has 0 fully saturated rings. The van der Waals surface area contributed by atoms with Gasteiger partial charge in [-0.3, -0.25) is 9.59 Å². The van der Waals surface area contributed by atoms with E-state index in [1.54, 1.807) is 24.3 Å². The molecule has 0 aliphatic rings. The molecule has 0 atom stereocenters. The van der Waals surface area contributed by atoms with E-state index in [0.29, 0.717) is 22.2 Å². The second-order valence-corrected chi connectivity index (χ2v) is 6.96. The van der Waals surface area contributed by atoms with Gasteiger partial charge >= 0.3 is 0 Å². The van der Waals surface area contributed by atoms with Gasteiger partial charge in [-0.2, -0.15) is 0 Å². The van der Waals surface area contributed by atoms with Crippen LogP contribution in [0.25, 0.3) is 11.4 Å². The van der Waals surface area contributed by atoms with Crippen molar-refractivity contribution in [2.45, 2.75) is 19.0 Å². The Balaban J connectivity index is 1.63. The highest BCUT2D eigenvalue weighted by molar-refractivity contribution is 7.99.